The zero-order valence-electron chi connectivity index (χ0n) is 48.8. The van der Waals surface area contributed by atoms with Gasteiger partial charge in [0.05, 0.1) is 47.8 Å². The summed E-state index contributed by atoms with van der Waals surface area (Å²) in [6.45, 7) is 11.0. The van der Waals surface area contributed by atoms with Gasteiger partial charge in [-0.1, -0.05) is 181 Å². The summed E-state index contributed by atoms with van der Waals surface area (Å²) in [7, 11) is 1.72. The first-order chi connectivity index (χ1) is 37.3. The number of carbonyl (C=O) groups is 3. The fraction of sp³-hybridized carbons (Fsp3) is 0.597. The van der Waals surface area contributed by atoms with Crippen molar-refractivity contribution in [1.29, 1.82) is 0 Å². The van der Waals surface area contributed by atoms with Crippen LogP contribution in [0.5, 0.6) is 0 Å². The zero-order valence-corrected chi connectivity index (χ0v) is 48.8. The van der Waals surface area contributed by atoms with Gasteiger partial charge < -0.3 is 54.9 Å². The zero-order chi connectivity index (χ0) is 58.6. The third-order valence-corrected chi connectivity index (χ3v) is 12.7. The minimum absolute atomic E-state index is 0.0875. The lowest BCUT2D eigenvalue weighted by Crippen LogP contribution is -2.26. The van der Waals surface area contributed by atoms with E-state index in [9.17, 15) is 50.1 Å². The van der Waals surface area contributed by atoms with Crippen LogP contribution in [0.15, 0.2) is 109 Å². The third kappa shape index (κ3) is 49.3. The normalized spacial score (nSPS) is 17.0. The molecule has 1 rings (SSSR count). The molecule has 0 spiro atoms. The van der Waals surface area contributed by atoms with Gasteiger partial charge in [0.15, 0.2) is 0 Å². The van der Waals surface area contributed by atoms with Gasteiger partial charge in [-0.15, -0.1) is 0 Å². The maximum atomic E-state index is 10.9. The number of ketones is 3. The molecule has 78 heavy (non-hydrogen) atoms. The van der Waals surface area contributed by atoms with Gasteiger partial charge >= 0.3 is 0 Å². The van der Waals surface area contributed by atoms with Crippen molar-refractivity contribution in [2.24, 2.45) is 0 Å². The van der Waals surface area contributed by atoms with Gasteiger partial charge in [0, 0.05) is 26.4 Å². The predicted octanol–water partition coefficient (Wildman–Crippen LogP) is 11.8. The fourth-order valence-electron chi connectivity index (χ4n) is 7.62. The molecule has 0 aromatic carbocycles. The van der Waals surface area contributed by atoms with Gasteiger partial charge in [-0.25, -0.2) is 0 Å². The molecular formula is C67H102O11. The maximum absolute atomic E-state index is 10.9. The highest BCUT2D eigenvalue weighted by Crippen LogP contribution is 2.27. The van der Waals surface area contributed by atoms with Crippen LogP contribution in [0.4, 0.5) is 0 Å². The van der Waals surface area contributed by atoms with Crippen LogP contribution in [0.25, 0.3) is 0 Å². The highest BCUT2D eigenvalue weighted by atomic mass is 16.5. The van der Waals surface area contributed by atoms with Crippen LogP contribution in [-0.4, -0.2) is 108 Å². The van der Waals surface area contributed by atoms with Crippen LogP contribution < -0.4 is 0 Å². The number of unbranched alkanes of at least 4 members (excludes halogenated alkanes) is 6. The summed E-state index contributed by atoms with van der Waals surface area (Å²) in [5.41, 5.74) is -1.00. The molecule has 11 nitrogen and oxygen atoms in total. The van der Waals surface area contributed by atoms with Crippen molar-refractivity contribution in [2.45, 2.75) is 250 Å². The summed E-state index contributed by atoms with van der Waals surface area (Å²) < 4.78 is 5.57. The number of ether oxygens (including phenoxy) is 1. The largest absolute Gasteiger partial charge is 0.390 e. The first kappa shape index (κ1) is 75.1. The number of hydrogen-bond donors (Lipinski definition) is 7. The molecule has 0 saturated heterocycles. The second kappa shape index (κ2) is 51.5. The van der Waals surface area contributed by atoms with E-state index >= 15 is 0 Å². The van der Waals surface area contributed by atoms with Crippen molar-refractivity contribution >= 4 is 17.3 Å². The average Bonchev–Trinajstić information content (AvgIpc) is 3.39. The topological polar surface area (TPSA) is 202 Å². The number of aliphatic hydroxyl groups is 7. The Morgan fingerprint density at radius 1 is 0.513 bits per heavy atom. The summed E-state index contributed by atoms with van der Waals surface area (Å²) in [6, 6.07) is 0. The Hall–Kier alpha value is -4.97. The molecule has 0 aromatic rings. The Bertz CT molecular complexity index is 2040. The molecule has 1 aliphatic rings. The van der Waals surface area contributed by atoms with Gasteiger partial charge in [-0.05, 0) is 147 Å². The van der Waals surface area contributed by atoms with Gasteiger partial charge in [0.25, 0.3) is 0 Å². The molecule has 0 amide bonds. The molecule has 7 N–H and O–H groups in total. The Balaban J connectivity index is 0. The lowest BCUT2D eigenvalue weighted by molar-refractivity contribution is -0.118. The number of aliphatic hydroxyl groups excluding tert-OH is 6. The van der Waals surface area contributed by atoms with Crippen molar-refractivity contribution in [3.63, 3.8) is 0 Å². The molecule has 7 atom stereocenters. The second-order valence-electron chi connectivity index (χ2n) is 20.3. The molecule has 0 aliphatic heterocycles. The SMILES string of the molecule is CC(=O)CCC[C@H](O)[C@H](O)/C=C/C=C/C#C/C=C/C1(O)CCCCCCC1.CCCCCC(C)(/C=C/C#C/C=C/C=C/[C@@H](O)[C@@H](O)CCCC(C)=O)OC.CCCCCC/C=C/C#C/C=C/C=C/[C@@H](O)[C@@H](O)CCCC(C)=O. The van der Waals surface area contributed by atoms with Gasteiger partial charge in [0.1, 0.15) is 17.3 Å². The molecule has 1 unspecified atom stereocenters. The van der Waals surface area contributed by atoms with Crippen LogP contribution >= 0.6 is 0 Å². The first-order valence-electron chi connectivity index (χ1n) is 28.7. The molecule has 0 aromatic heterocycles. The molecular weight excluding hydrogens is 981 g/mol. The summed E-state index contributed by atoms with van der Waals surface area (Å²) in [4.78, 5) is 32.5. The van der Waals surface area contributed by atoms with E-state index in [-0.39, 0.29) is 23.0 Å². The lowest BCUT2D eigenvalue weighted by Gasteiger charge is -2.26. The third-order valence-electron chi connectivity index (χ3n) is 12.7. The Kier molecular flexibility index (Phi) is 49.6. The van der Waals surface area contributed by atoms with E-state index < -0.39 is 42.2 Å². The fourth-order valence-corrected chi connectivity index (χ4v) is 7.62. The van der Waals surface area contributed by atoms with E-state index in [1.54, 1.807) is 73.9 Å². The van der Waals surface area contributed by atoms with Crippen molar-refractivity contribution in [2.75, 3.05) is 7.11 Å². The van der Waals surface area contributed by atoms with Gasteiger partial charge in [0.2, 0.25) is 0 Å². The van der Waals surface area contributed by atoms with E-state index in [1.165, 1.54) is 96.8 Å². The number of rotatable bonds is 33. The van der Waals surface area contributed by atoms with Crippen LogP contribution in [0, 0.1) is 35.5 Å². The molecule has 436 valence electrons. The van der Waals surface area contributed by atoms with Gasteiger partial charge in [-0.2, -0.15) is 0 Å². The minimum Gasteiger partial charge on any atom is -0.390 e. The first-order valence-corrected chi connectivity index (χ1v) is 28.7. The molecule has 0 bridgehead atoms. The van der Waals surface area contributed by atoms with Crippen molar-refractivity contribution < 1.29 is 54.9 Å². The molecule has 11 heteroatoms. The summed E-state index contributed by atoms with van der Waals surface area (Å²) in [5.74, 6) is 17.7. The minimum atomic E-state index is -0.956. The quantitative estimate of drug-likeness (QED) is 0.0187. The molecule has 1 aliphatic carbocycles. The van der Waals surface area contributed by atoms with Crippen LogP contribution in [0.2, 0.25) is 0 Å². The van der Waals surface area contributed by atoms with Crippen molar-refractivity contribution in [1.82, 2.24) is 0 Å². The molecule has 1 fully saturated rings. The van der Waals surface area contributed by atoms with E-state index in [4.69, 9.17) is 4.74 Å². The smallest absolute Gasteiger partial charge is 0.129 e. The van der Waals surface area contributed by atoms with Crippen LogP contribution in [0.1, 0.15) is 202 Å². The average molecular weight is 1080 g/mol. The van der Waals surface area contributed by atoms with Crippen molar-refractivity contribution in [3.8, 4) is 35.5 Å². The highest BCUT2D eigenvalue weighted by molar-refractivity contribution is 5.76. The summed E-state index contributed by atoms with van der Waals surface area (Å²) in [6.07, 6.45) is 47.8. The predicted molar refractivity (Wildman–Crippen MR) is 321 cm³/mol. The highest BCUT2D eigenvalue weighted by Gasteiger charge is 2.23. The lowest BCUT2D eigenvalue weighted by atomic mass is 9.87. The van der Waals surface area contributed by atoms with Crippen LogP contribution in [0.3, 0.4) is 0 Å². The molecule has 1 saturated carbocycles. The maximum Gasteiger partial charge on any atom is 0.129 e. The summed E-state index contributed by atoms with van der Waals surface area (Å²) >= 11 is 0. The van der Waals surface area contributed by atoms with Gasteiger partial charge in [-0.3, -0.25) is 0 Å². The second-order valence-corrected chi connectivity index (χ2v) is 20.3. The standard InChI is InChI=1S/C23H34O4.C23H36O4.C21H32O3/c1-20(24)14-13-16-22(26)21(25)15-9-5-2-3-6-10-17-23(27)18-11-7-4-8-12-19-23;1-5-6-12-18-23(3,27-4)19-13-10-8-7-9-11-16-21(25)22(26)17-14-15-20(2)24;1-3-4-5-6-7-8-9-10-11-12-13-14-17-20(23)21(24)18-15-16-19(2)22/h2,5,9-10,15,17,21-22,25-27H,4,7-8,11-14,16,18-19H2,1H3;7,9,11,13,16,19,21-22,25-26H,5-6,12,14-15,17-18H2,1-4H3;8-9,12-14,17,20-21,23-24H,3-7,15-16,18H2,1-2H3/b5-2+,15-9+,17-10+;9-7+,16-11+,19-13+;9-8+,13-12+,17-14+/t21-,22+;21-,22+,23?;20-,21+/m111/s1. The number of Topliss-reactive ketones (excluding diaryl/α,β-unsaturated/α-hetero) is 3. The number of allylic oxidation sites excluding steroid dienone is 13. The monoisotopic (exact) mass is 1080 g/mol. The Morgan fingerprint density at radius 2 is 0.897 bits per heavy atom. The number of hydrogen-bond acceptors (Lipinski definition) is 11. The summed E-state index contributed by atoms with van der Waals surface area (Å²) in [5, 5.41) is 69.3. The Labute approximate surface area is 472 Å². The van der Waals surface area contributed by atoms with Crippen LogP contribution in [-0.2, 0) is 19.1 Å². The molecule has 0 heterocycles. The van der Waals surface area contributed by atoms with E-state index in [0.717, 1.165) is 44.9 Å². The number of carbonyl (C=O) groups excluding carboxylic acids is 3. The van der Waals surface area contributed by atoms with E-state index in [0.29, 0.717) is 57.8 Å². The van der Waals surface area contributed by atoms with Crippen molar-refractivity contribution in [3.05, 3.63) is 109 Å². The number of methoxy groups -OCH3 is 1. The molecule has 0 radical (unpaired) electrons. The Morgan fingerprint density at radius 3 is 1.31 bits per heavy atom. The van der Waals surface area contributed by atoms with E-state index in [1.807, 2.05) is 18.2 Å². The van der Waals surface area contributed by atoms with E-state index in [2.05, 4.69) is 62.4 Å².